The number of carbonyl (C=O) groups excluding carboxylic acids is 1. The third-order valence-corrected chi connectivity index (χ3v) is 5.05. The van der Waals surface area contributed by atoms with Gasteiger partial charge in [-0.25, -0.2) is 14.6 Å². The number of hydrogen-bond donors (Lipinski definition) is 1. The minimum atomic E-state index is -0.260. The van der Waals surface area contributed by atoms with Crippen molar-refractivity contribution in [3.8, 4) is 0 Å². The second-order valence-corrected chi connectivity index (χ2v) is 7.22. The van der Waals surface area contributed by atoms with Crippen LogP contribution in [0.25, 0.3) is 11.0 Å². The molecule has 9 heteroatoms. The monoisotopic (exact) mass is 422 g/mol. The molecule has 0 spiro atoms. The average molecular weight is 423 g/mol. The Labute approximate surface area is 177 Å². The number of nitrogens with one attached hydrogen (secondary N) is 1. The zero-order valence-corrected chi connectivity index (χ0v) is 17.0. The first-order valence-electron chi connectivity index (χ1n) is 9.38. The summed E-state index contributed by atoms with van der Waals surface area (Å²) in [6.45, 7) is 3.17. The van der Waals surface area contributed by atoms with Gasteiger partial charge in [0.25, 0.3) is 11.5 Å². The van der Waals surface area contributed by atoms with Crippen LogP contribution in [-0.2, 0) is 13.1 Å². The van der Waals surface area contributed by atoms with Crippen molar-refractivity contribution in [1.82, 2.24) is 29.6 Å². The molecule has 0 aliphatic heterocycles. The van der Waals surface area contributed by atoms with Crippen LogP contribution < -0.4 is 10.9 Å². The highest BCUT2D eigenvalue weighted by Gasteiger charge is 2.12. The first-order valence-corrected chi connectivity index (χ1v) is 9.76. The summed E-state index contributed by atoms with van der Waals surface area (Å²) < 4.78 is 3.18. The van der Waals surface area contributed by atoms with Crippen LogP contribution in [0.4, 0.5) is 0 Å². The SMILES string of the molecule is Cc1ccccc1Cn1cnc2c(cnn2CCNC(=O)c2ccc(Cl)nc2)c1=O. The summed E-state index contributed by atoms with van der Waals surface area (Å²) in [6, 6.07) is 11.1. The van der Waals surface area contributed by atoms with Crippen molar-refractivity contribution >= 4 is 28.5 Å². The van der Waals surface area contributed by atoms with Gasteiger partial charge in [-0.15, -0.1) is 0 Å². The summed E-state index contributed by atoms with van der Waals surface area (Å²) in [7, 11) is 0. The Hall–Kier alpha value is -3.52. The van der Waals surface area contributed by atoms with Crippen molar-refractivity contribution in [2.45, 2.75) is 20.0 Å². The molecule has 0 radical (unpaired) electrons. The number of aryl methyl sites for hydroxylation is 1. The molecule has 0 fully saturated rings. The molecule has 4 rings (SSSR count). The molecule has 0 saturated heterocycles. The van der Waals surface area contributed by atoms with Gasteiger partial charge in [0.15, 0.2) is 5.65 Å². The smallest absolute Gasteiger partial charge is 0.264 e. The number of halogens is 1. The number of hydrogen-bond acceptors (Lipinski definition) is 5. The van der Waals surface area contributed by atoms with Gasteiger partial charge >= 0.3 is 0 Å². The van der Waals surface area contributed by atoms with Crippen LogP contribution in [0.3, 0.4) is 0 Å². The van der Waals surface area contributed by atoms with Crippen LogP contribution in [0.1, 0.15) is 21.5 Å². The summed E-state index contributed by atoms with van der Waals surface area (Å²) in [6.07, 6.45) is 4.47. The fourth-order valence-electron chi connectivity index (χ4n) is 3.13. The number of benzene rings is 1. The topological polar surface area (TPSA) is 94.7 Å². The van der Waals surface area contributed by atoms with Crippen LogP contribution in [0, 0.1) is 6.92 Å². The van der Waals surface area contributed by atoms with E-state index in [0.29, 0.717) is 41.4 Å². The number of nitrogens with zero attached hydrogens (tertiary/aromatic N) is 5. The molecule has 0 bridgehead atoms. The first kappa shape index (κ1) is 19.8. The van der Waals surface area contributed by atoms with Gasteiger partial charge in [-0.3, -0.25) is 14.2 Å². The second-order valence-electron chi connectivity index (χ2n) is 6.83. The zero-order valence-electron chi connectivity index (χ0n) is 16.2. The number of pyridine rings is 1. The molecule has 8 nitrogen and oxygen atoms in total. The Balaban J connectivity index is 1.46. The van der Waals surface area contributed by atoms with Crippen molar-refractivity contribution in [3.63, 3.8) is 0 Å². The number of carbonyl (C=O) groups is 1. The Bertz CT molecular complexity index is 1260. The van der Waals surface area contributed by atoms with Gasteiger partial charge in [0, 0.05) is 12.7 Å². The van der Waals surface area contributed by atoms with Crippen LogP contribution >= 0.6 is 11.6 Å². The van der Waals surface area contributed by atoms with Crippen LogP contribution in [0.2, 0.25) is 5.15 Å². The van der Waals surface area contributed by atoms with Gasteiger partial charge in [-0.2, -0.15) is 5.10 Å². The second kappa shape index (κ2) is 8.46. The van der Waals surface area contributed by atoms with E-state index in [9.17, 15) is 9.59 Å². The Kier molecular flexibility index (Phi) is 5.58. The standard InChI is InChI=1S/C21H19ClN6O2/c1-14-4-2-3-5-16(14)12-27-13-25-19-17(21(27)30)11-26-28(19)9-8-23-20(29)15-6-7-18(22)24-10-15/h2-7,10-11,13H,8-9,12H2,1H3,(H,23,29). The van der Waals surface area contributed by atoms with Crippen LogP contribution in [0.5, 0.6) is 0 Å². The number of fused-ring (bicyclic) bond motifs is 1. The summed E-state index contributed by atoms with van der Waals surface area (Å²) >= 11 is 5.73. The molecular weight excluding hydrogens is 404 g/mol. The first-order chi connectivity index (χ1) is 14.5. The highest BCUT2D eigenvalue weighted by atomic mass is 35.5. The van der Waals surface area contributed by atoms with Crippen LogP contribution in [0.15, 0.2) is 59.9 Å². The number of aromatic nitrogens is 5. The molecule has 1 amide bonds. The van der Waals surface area contributed by atoms with Crippen molar-refractivity contribution in [2.75, 3.05) is 6.54 Å². The van der Waals surface area contributed by atoms with Crippen molar-refractivity contribution in [1.29, 1.82) is 0 Å². The van der Waals surface area contributed by atoms with Crippen molar-refractivity contribution in [3.05, 3.63) is 87.3 Å². The minimum absolute atomic E-state index is 0.147. The van der Waals surface area contributed by atoms with Gasteiger partial charge in [-0.05, 0) is 30.2 Å². The third-order valence-electron chi connectivity index (χ3n) is 4.82. The largest absolute Gasteiger partial charge is 0.350 e. The molecule has 0 aliphatic carbocycles. The average Bonchev–Trinajstić information content (AvgIpc) is 3.16. The Morgan fingerprint density at radius 1 is 1.13 bits per heavy atom. The van der Waals surface area contributed by atoms with E-state index < -0.39 is 0 Å². The van der Waals surface area contributed by atoms with E-state index in [4.69, 9.17) is 11.6 Å². The predicted octanol–water partition coefficient (Wildman–Crippen LogP) is 2.43. The van der Waals surface area contributed by atoms with Gasteiger partial charge < -0.3 is 5.32 Å². The number of rotatable bonds is 6. The fraction of sp³-hybridized carbons (Fsp3) is 0.190. The molecule has 1 N–H and O–H groups in total. The lowest BCUT2D eigenvalue weighted by atomic mass is 10.1. The van der Waals surface area contributed by atoms with Gasteiger partial charge in [-0.1, -0.05) is 35.9 Å². The highest BCUT2D eigenvalue weighted by Crippen LogP contribution is 2.10. The van der Waals surface area contributed by atoms with E-state index >= 15 is 0 Å². The lowest BCUT2D eigenvalue weighted by molar-refractivity contribution is 0.0951. The summed E-state index contributed by atoms with van der Waals surface area (Å²) in [5.74, 6) is -0.260. The molecular formula is C21H19ClN6O2. The van der Waals surface area contributed by atoms with E-state index in [1.807, 2.05) is 31.2 Å². The normalized spacial score (nSPS) is 11.0. The summed E-state index contributed by atoms with van der Waals surface area (Å²) in [5, 5.41) is 7.83. The molecule has 3 heterocycles. The molecule has 4 aromatic rings. The molecule has 0 aliphatic rings. The zero-order chi connectivity index (χ0) is 21.1. The van der Waals surface area contributed by atoms with Gasteiger partial charge in [0.2, 0.25) is 0 Å². The maximum atomic E-state index is 12.8. The fourth-order valence-corrected chi connectivity index (χ4v) is 3.24. The quantitative estimate of drug-likeness (QED) is 0.481. The van der Waals surface area contributed by atoms with E-state index in [-0.39, 0.29) is 11.5 Å². The lowest BCUT2D eigenvalue weighted by Crippen LogP contribution is -2.28. The van der Waals surface area contributed by atoms with Crippen molar-refractivity contribution in [2.24, 2.45) is 0 Å². The predicted molar refractivity (Wildman–Crippen MR) is 114 cm³/mol. The molecule has 0 atom stereocenters. The van der Waals surface area contributed by atoms with Gasteiger partial charge in [0.05, 0.1) is 24.8 Å². The molecule has 0 unspecified atom stereocenters. The van der Waals surface area contributed by atoms with E-state index in [0.717, 1.165) is 11.1 Å². The van der Waals surface area contributed by atoms with Gasteiger partial charge in [0.1, 0.15) is 16.9 Å². The molecule has 152 valence electrons. The van der Waals surface area contributed by atoms with Crippen LogP contribution in [-0.4, -0.2) is 36.8 Å². The van der Waals surface area contributed by atoms with E-state index in [2.05, 4.69) is 20.4 Å². The maximum Gasteiger partial charge on any atom is 0.264 e. The third kappa shape index (κ3) is 4.08. The van der Waals surface area contributed by atoms with E-state index in [1.54, 1.807) is 21.4 Å². The summed E-state index contributed by atoms with van der Waals surface area (Å²) in [5.41, 5.74) is 2.94. The molecule has 30 heavy (non-hydrogen) atoms. The molecule has 1 aromatic carbocycles. The summed E-state index contributed by atoms with van der Waals surface area (Å²) in [4.78, 5) is 33.3. The van der Waals surface area contributed by atoms with Crippen molar-refractivity contribution < 1.29 is 4.79 Å². The van der Waals surface area contributed by atoms with E-state index in [1.165, 1.54) is 18.7 Å². The molecule has 3 aromatic heterocycles. The lowest BCUT2D eigenvalue weighted by Gasteiger charge is -2.09. The Morgan fingerprint density at radius 2 is 1.97 bits per heavy atom. The minimum Gasteiger partial charge on any atom is -0.350 e. The Morgan fingerprint density at radius 3 is 2.73 bits per heavy atom. The highest BCUT2D eigenvalue weighted by molar-refractivity contribution is 6.29. The number of amides is 1. The molecule has 0 saturated carbocycles. The maximum absolute atomic E-state index is 12.8.